The van der Waals surface area contributed by atoms with E-state index in [0.717, 1.165) is 17.0 Å². The Bertz CT molecular complexity index is 1060. The molecule has 0 fully saturated rings. The molecule has 0 amide bonds. The normalized spacial score (nSPS) is 11.1. The maximum Gasteiger partial charge on any atom is 0.216 e. The molecule has 1 aromatic heterocycles. The number of halogens is 2. The van der Waals surface area contributed by atoms with E-state index < -0.39 is 0 Å². The number of H-pyrrole nitrogens is 1. The van der Waals surface area contributed by atoms with Crippen LogP contribution in [0.1, 0.15) is 23.9 Å². The summed E-state index contributed by atoms with van der Waals surface area (Å²) < 4.78 is 13.5. The lowest BCUT2D eigenvalue weighted by Gasteiger charge is -2.13. The topological polar surface area (TPSA) is 64.4 Å². The molecule has 3 aromatic rings. The number of hydrogen-bond acceptors (Lipinski definition) is 5. The van der Waals surface area contributed by atoms with Crippen LogP contribution in [0.25, 0.3) is 0 Å². The lowest BCUT2D eigenvalue weighted by atomic mass is 10.2. The van der Waals surface area contributed by atoms with E-state index >= 15 is 0 Å². The highest BCUT2D eigenvalue weighted by Gasteiger charge is 2.11. The van der Waals surface area contributed by atoms with Gasteiger partial charge >= 0.3 is 0 Å². The molecule has 0 radical (unpaired) electrons. The lowest BCUT2D eigenvalue weighted by molar-refractivity contribution is 0.284. The summed E-state index contributed by atoms with van der Waals surface area (Å²) in [5, 5.41) is 12.3. The molecule has 146 valence electrons. The minimum atomic E-state index is 0.295. The number of hydrogen-bond donors (Lipinski definition) is 1. The number of para-hydroxylation sites is 1. The van der Waals surface area contributed by atoms with Crippen LogP contribution < -0.4 is 9.47 Å². The van der Waals surface area contributed by atoms with Crippen LogP contribution in [0.15, 0.2) is 41.5 Å². The molecular formula is C19H18Cl2N4O2S. The van der Waals surface area contributed by atoms with E-state index in [1.807, 2.05) is 31.2 Å². The van der Waals surface area contributed by atoms with Crippen LogP contribution in [-0.2, 0) is 13.0 Å². The first-order chi connectivity index (χ1) is 13.5. The van der Waals surface area contributed by atoms with Crippen LogP contribution in [0, 0.1) is 4.77 Å². The average molecular weight is 437 g/mol. The van der Waals surface area contributed by atoms with E-state index in [1.165, 1.54) is 0 Å². The van der Waals surface area contributed by atoms with Gasteiger partial charge in [0, 0.05) is 12.0 Å². The first-order valence-corrected chi connectivity index (χ1v) is 9.64. The van der Waals surface area contributed by atoms with Crippen LogP contribution in [-0.4, -0.2) is 28.2 Å². The van der Waals surface area contributed by atoms with Crippen molar-refractivity contribution in [3.05, 3.63) is 68.2 Å². The fraction of sp³-hybridized carbons (Fsp3) is 0.211. The molecule has 2 aromatic carbocycles. The number of aromatic nitrogens is 3. The van der Waals surface area contributed by atoms with Gasteiger partial charge in [0.2, 0.25) is 4.77 Å². The molecule has 0 aliphatic carbocycles. The van der Waals surface area contributed by atoms with Crippen LogP contribution in [0.2, 0.25) is 10.0 Å². The van der Waals surface area contributed by atoms with Crippen molar-refractivity contribution in [2.75, 3.05) is 7.11 Å². The van der Waals surface area contributed by atoms with E-state index in [9.17, 15) is 0 Å². The van der Waals surface area contributed by atoms with Crippen molar-refractivity contribution < 1.29 is 9.47 Å². The van der Waals surface area contributed by atoms with Crippen molar-refractivity contribution in [2.45, 2.75) is 20.0 Å². The van der Waals surface area contributed by atoms with Crippen molar-refractivity contribution in [1.82, 2.24) is 14.9 Å². The molecule has 0 aliphatic heterocycles. The molecule has 9 heteroatoms. The molecule has 0 saturated carbocycles. The Hall–Kier alpha value is -2.35. The Balaban J connectivity index is 1.90. The van der Waals surface area contributed by atoms with Crippen molar-refractivity contribution in [2.24, 2.45) is 5.10 Å². The maximum absolute atomic E-state index is 6.08. The lowest BCUT2D eigenvalue weighted by Crippen LogP contribution is -2.02. The molecule has 28 heavy (non-hydrogen) atoms. The van der Waals surface area contributed by atoms with Crippen molar-refractivity contribution in [3.63, 3.8) is 0 Å². The molecule has 0 bridgehead atoms. The molecule has 0 unspecified atom stereocenters. The summed E-state index contributed by atoms with van der Waals surface area (Å²) >= 11 is 17.3. The van der Waals surface area contributed by atoms with Crippen LogP contribution in [0.3, 0.4) is 0 Å². The van der Waals surface area contributed by atoms with E-state index in [-0.39, 0.29) is 0 Å². The second-order valence-electron chi connectivity index (χ2n) is 5.77. The summed E-state index contributed by atoms with van der Waals surface area (Å²) in [5.41, 5.74) is 1.62. The monoisotopic (exact) mass is 436 g/mol. The number of aryl methyl sites for hydroxylation is 1. The van der Waals surface area contributed by atoms with Crippen molar-refractivity contribution in [3.8, 4) is 11.5 Å². The minimum absolute atomic E-state index is 0.295. The van der Waals surface area contributed by atoms with Gasteiger partial charge in [-0.1, -0.05) is 42.3 Å². The van der Waals surface area contributed by atoms with Gasteiger partial charge < -0.3 is 9.47 Å². The zero-order valence-electron chi connectivity index (χ0n) is 15.3. The summed E-state index contributed by atoms with van der Waals surface area (Å²) in [4.78, 5) is 0. The van der Waals surface area contributed by atoms with Gasteiger partial charge in [0.05, 0.1) is 23.4 Å². The van der Waals surface area contributed by atoms with Gasteiger partial charge in [-0.05, 0) is 42.0 Å². The fourth-order valence-electron chi connectivity index (χ4n) is 2.53. The van der Waals surface area contributed by atoms with E-state index in [2.05, 4.69) is 15.3 Å². The minimum Gasteiger partial charge on any atom is -0.493 e. The summed E-state index contributed by atoms with van der Waals surface area (Å²) in [5.74, 6) is 1.89. The summed E-state index contributed by atoms with van der Waals surface area (Å²) in [7, 11) is 1.59. The molecule has 3 rings (SSSR count). The highest BCUT2D eigenvalue weighted by Crippen LogP contribution is 2.31. The fourth-order valence-corrected chi connectivity index (χ4v) is 3.05. The SMILES string of the molecule is CCc1n[nH]c(=S)n1/N=C/c1cccc(OC)c1OCc1ccc(Cl)c(Cl)c1. The van der Waals surface area contributed by atoms with Crippen molar-refractivity contribution >= 4 is 41.6 Å². The van der Waals surface area contributed by atoms with Gasteiger partial charge in [-0.2, -0.15) is 14.9 Å². The molecule has 6 nitrogen and oxygen atoms in total. The van der Waals surface area contributed by atoms with Crippen LogP contribution in [0.5, 0.6) is 11.5 Å². The third-order valence-corrected chi connectivity index (χ3v) is 4.95. The Labute approximate surface area is 177 Å². The number of nitrogens with zero attached hydrogens (tertiary/aromatic N) is 3. The summed E-state index contributed by atoms with van der Waals surface area (Å²) in [6.45, 7) is 2.28. The predicted octanol–water partition coefficient (Wildman–Crippen LogP) is 5.28. The third kappa shape index (κ3) is 4.55. The van der Waals surface area contributed by atoms with Gasteiger partial charge in [-0.25, -0.2) is 0 Å². The van der Waals surface area contributed by atoms with E-state index in [4.69, 9.17) is 44.9 Å². The Morgan fingerprint density at radius 1 is 1.25 bits per heavy atom. The predicted molar refractivity (Wildman–Crippen MR) is 114 cm³/mol. The number of nitrogens with one attached hydrogen (secondary N) is 1. The van der Waals surface area contributed by atoms with Gasteiger partial charge in [-0.15, -0.1) is 0 Å². The van der Waals surface area contributed by atoms with Crippen LogP contribution >= 0.6 is 35.4 Å². The van der Waals surface area contributed by atoms with Crippen molar-refractivity contribution in [1.29, 1.82) is 0 Å². The molecule has 1 heterocycles. The Morgan fingerprint density at radius 2 is 2.07 bits per heavy atom. The van der Waals surface area contributed by atoms with E-state index in [0.29, 0.717) is 39.3 Å². The third-order valence-electron chi connectivity index (χ3n) is 3.94. The highest BCUT2D eigenvalue weighted by atomic mass is 35.5. The number of ether oxygens (including phenoxy) is 2. The largest absolute Gasteiger partial charge is 0.493 e. The zero-order chi connectivity index (χ0) is 20.1. The smallest absolute Gasteiger partial charge is 0.216 e. The second kappa shape index (κ2) is 9.23. The molecule has 0 saturated heterocycles. The molecule has 0 aliphatic rings. The van der Waals surface area contributed by atoms with Gasteiger partial charge in [-0.3, -0.25) is 5.10 Å². The van der Waals surface area contributed by atoms with E-state index in [1.54, 1.807) is 30.1 Å². The number of aromatic amines is 1. The number of benzene rings is 2. The molecular weight excluding hydrogens is 419 g/mol. The van der Waals surface area contributed by atoms with Crippen LogP contribution in [0.4, 0.5) is 0 Å². The second-order valence-corrected chi connectivity index (χ2v) is 6.97. The molecule has 1 N–H and O–H groups in total. The number of rotatable bonds is 7. The van der Waals surface area contributed by atoms with Gasteiger partial charge in [0.1, 0.15) is 6.61 Å². The van der Waals surface area contributed by atoms with Gasteiger partial charge in [0.15, 0.2) is 17.3 Å². The molecule has 0 atom stereocenters. The maximum atomic E-state index is 6.08. The quantitative estimate of drug-likeness (QED) is 0.404. The zero-order valence-corrected chi connectivity index (χ0v) is 17.6. The summed E-state index contributed by atoms with van der Waals surface area (Å²) in [6.07, 6.45) is 2.36. The standard InChI is InChI=1S/C19H18Cl2N4O2S/c1-3-17-23-24-19(28)25(17)22-10-13-5-4-6-16(26-2)18(13)27-11-12-7-8-14(20)15(21)9-12/h4-10H,3,11H2,1-2H3,(H,24,28)/b22-10+. The molecule has 0 spiro atoms. The first kappa shape index (κ1) is 20.4. The number of methoxy groups -OCH3 is 1. The Morgan fingerprint density at radius 3 is 2.79 bits per heavy atom. The highest BCUT2D eigenvalue weighted by molar-refractivity contribution is 7.71. The van der Waals surface area contributed by atoms with Gasteiger partial charge in [0.25, 0.3) is 0 Å². The first-order valence-electron chi connectivity index (χ1n) is 8.47. The Kier molecular flexibility index (Phi) is 6.72. The average Bonchev–Trinajstić information content (AvgIpc) is 3.06. The summed E-state index contributed by atoms with van der Waals surface area (Å²) in [6, 6.07) is 10.9.